The van der Waals surface area contributed by atoms with E-state index in [2.05, 4.69) is 15.3 Å². The number of aromatic nitrogens is 4. The van der Waals surface area contributed by atoms with Gasteiger partial charge in [-0.2, -0.15) is 0 Å². The van der Waals surface area contributed by atoms with E-state index in [1.807, 2.05) is 32.0 Å². The van der Waals surface area contributed by atoms with Crippen molar-refractivity contribution in [1.29, 1.82) is 0 Å². The Morgan fingerprint density at radius 3 is 2.42 bits per heavy atom. The van der Waals surface area contributed by atoms with Gasteiger partial charge in [0.2, 0.25) is 5.91 Å². The predicted octanol–water partition coefficient (Wildman–Crippen LogP) is 2.27. The van der Waals surface area contributed by atoms with Gasteiger partial charge in [-0.15, -0.1) is 0 Å². The number of methoxy groups -OCH3 is 1. The van der Waals surface area contributed by atoms with E-state index < -0.39 is 17.2 Å². The summed E-state index contributed by atoms with van der Waals surface area (Å²) >= 11 is 0. The van der Waals surface area contributed by atoms with Gasteiger partial charge in [0.05, 0.1) is 13.7 Å². The van der Waals surface area contributed by atoms with Gasteiger partial charge >= 0.3 is 5.69 Å². The number of carbonyl (C=O) groups is 1. The SMILES string of the molecule is COc1cccc(Cn2c(=O)c3nccnc3n(CC(=O)Nc3c(C)cccc3C)c2=O)c1. The molecule has 0 atom stereocenters. The number of nitrogens with zero attached hydrogens (tertiary/aromatic N) is 4. The van der Waals surface area contributed by atoms with Crippen molar-refractivity contribution in [3.63, 3.8) is 0 Å². The average Bonchev–Trinajstić information content (AvgIpc) is 2.82. The van der Waals surface area contributed by atoms with Crippen LogP contribution in [0.1, 0.15) is 16.7 Å². The summed E-state index contributed by atoms with van der Waals surface area (Å²) in [6.45, 7) is 3.47. The van der Waals surface area contributed by atoms with Crippen molar-refractivity contribution < 1.29 is 9.53 Å². The van der Waals surface area contributed by atoms with Crippen molar-refractivity contribution in [2.45, 2.75) is 26.9 Å². The monoisotopic (exact) mass is 445 g/mol. The maximum atomic E-state index is 13.3. The predicted molar refractivity (Wildman–Crippen MR) is 125 cm³/mol. The Labute approximate surface area is 189 Å². The molecule has 4 aromatic rings. The molecule has 33 heavy (non-hydrogen) atoms. The lowest BCUT2D eigenvalue weighted by Gasteiger charge is -2.15. The van der Waals surface area contributed by atoms with Gasteiger partial charge in [0.15, 0.2) is 11.2 Å². The van der Waals surface area contributed by atoms with Gasteiger partial charge in [-0.1, -0.05) is 30.3 Å². The molecule has 0 spiro atoms. The van der Waals surface area contributed by atoms with Crippen molar-refractivity contribution in [2.24, 2.45) is 0 Å². The largest absolute Gasteiger partial charge is 0.497 e. The molecule has 0 saturated carbocycles. The van der Waals surface area contributed by atoms with Crippen LogP contribution in [0.25, 0.3) is 11.2 Å². The smallest absolute Gasteiger partial charge is 0.333 e. The molecule has 0 aliphatic carbocycles. The lowest BCUT2D eigenvalue weighted by molar-refractivity contribution is -0.116. The normalized spacial score (nSPS) is 10.9. The molecule has 0 aliphatic rings. The Hall–Kier alpha value is -4.27. The number of ether oxygens (including phenoxy) is 1. The quantitative estimate of drug-likeness (QED) is 0.488. The van der Waals surface area contributed by atoms with E-state index in [4.69, 9.17) is 4.74 Å². The van der Waals surface area contributed by atoms with Gasteiger partial charge in [0, 0.05) is 18.1 Å². The number of hydrogen-bond donors (Lipinski definition) is 1. The van der Waals surface area contributed by atoms with Gasteiger partial charge < -0.3 is 10.1 Å². The number of rotatable bonds is 6. The Bertz CT molecular complexity index is 1450. The molecular weight excluding hydrogens is 422 g/mol. The second kappa shape index (κ2) is 9.07. The molecule has 0 saturated heterocycles. The number of anilines is 1. The minimum absolute atomic E-state index is 0.0000977. The lowest BCUT2D eigenvalue weighted by atomic mass is 10.1. The van der Waals surface area contributed by atoms with Gasteiger partial charge in [-0.25, -0.2) is 14.8 Å². The molecule has 0 fully saturated rings. The van der Waals surface area contributed by atoms with E-state index >= 15 is 0 Å². The van der Waals surface area contributed by atoms with Crippen LogP contribution in [0.15, 0.2) is 64.4 Å². The van der Waals surface area contributed by atoms with Crippen molar-refractivity contribution >= 4 is 22.8 Å². The van der Waals surface area contributed by atoms with Crippen LogP contribution in [0.5, 0.6) is 5.75 Å². The van der Waals surface area contributed by atoms with Crippen LogP contribution in [0.3, 0.4) is 0 Å². The summed E-state index contributed by atoms with van der Waals surface area (Å²) in [7, 11) is 1.54. The van der Waals surface area contributed by atoms with E-state index in [1.54, 1.807) is 31.4 Å². The standard InChI is InChI=1S/C24H23N5O4/c1-15-6-4-7-16(2)20(15)27-19(30)14-28-22-21(25-10-11-26-22)23(31)29(24(28)32)13-17-8-5-9-18(12-17)33-3/h4-12H,13-14H2,1-3H3,(H,27,30). The third kappa shape index (κ3) is 4.38. The molecule has 9 heteroatoms. The number of para-hydroxylation sites is 1. The summed E-state index contributed by atoms with van der Waals surface area (Å²) in [4.78, 5) is 47.6. The summed E-state index contributed by atoms with van der Waals surface area (Å²) < 4.78 is 7.46. The van der Waals surface area contributed by atoms with Gasteiger partial charge in [-0.3, -0.25) is 18.7 Å². The summed E-state index contributed by atoms with van der Waals surface area (Å²) in [5, 5.41) is 2.87. The highest BCUT2D eigenvalue weighted by Crippen LogP contribution is 2.19. The number of carbonyl (C=O) groups excluding carboxylic acids is 1. The first-order chi connectivity index (χ1) is 15.9. The van der Waals surface area contributed by atoms with E-state index in [0.717, 1.165) is 15.7 Å². The second-order valence-corrected chi connectivity index (χ2v) is 7.66. The minimum Gasteiger partial charge on any atom is -0.497 e. The van der Waals surface area contributed by atoms with Crippen LogP contribution >= 0.6 is 0 Å². The van der Waals surface area contributed by atoms with E-state index in [9.17, 15) is 14.4 Å². The van der Waals surface area contributed by atoms with E-state index in [0.29, 0.717) is 17.0 Å². The molecule has 0 bridgehead atoms. The van der Waals surface area contributed by atoms with Crippen LogP contribution in [0.4, 0.5) is 5.69 Å². The van der Waals surface area contributed by atoms with Crippen LogP contribution in [-0.2, 0) is 17.9 Å². The summed E-state index contributed by atoms with van der Waals surface area (Å²) in [6, 6.07) is 12.8. The fraction of sp³-hybridized carbons (Fsp3) is 0.208. The van der Waals surface area contributed by atoms with E-state index in [-0.39, 0.29) is 24.3 Å². The molecular formula is C24H23N5O4. The molecule has 2 aromatic heterocycles. The first-order valence-electron chi connectivity index (χ1n) is 10.3. The number of amides is 1. The van der Waals surface area contributed by atoms with Crippen molar-refractivity contribution in [3.05, 3.63) is 92.4 Å². The Kier molecular flexibility index (Phi) is 6.03. The molecule has 1 N–H and O–H groups in total. The maximum absolute atomic E-state index is 13.3. The number of hydrogen-bond acceptors (Lipinski definition) is 6. The third-order valence-electron chi connectivity index (χ3n) is 5.37. The molecule has 2 aromatic carbocycles. The molecule has 168 valence electrons. The second-order valence-electron chi connectivity index (χ2n) is 7.66. The highest BCUT2D eigenvalue weighted by Gasteiger charge is 2.18. The highest BCUT2D eigenvalue weighted by atomic mass is 16.5. The van der Waals surface area contributed by atoms with Crippen molar-refractivity contribution in [2.75, 3.05) is 12.4 Å². The molecule has 1 amide bonds. The minimum atomic E-state index is -0.646. The van der Waals surface area contributed by atoms with Gasteiger partial charge in [-0.05, 0) is 42.7 Å². The summed E-state index contributed by atoms with van der Waals surface area (Å²) in [5.74, 6) is 0.197. The number of benzene rings is 2. The lowest BCUT2D eigenvalue weighted by Crippen LogP contribution is -2.42. The molecule has 2 heterocycles. The fourth-order valence-electron chi connectivity index (χ4n) is 3.70. The number of fused-ring (bicyclic) bond motifs is 1. The highest BCUT2D eigenvalue weighted by molar-refractivity contribution is 5.92. The fourth-order valence-corrected chi connectivity index (χ4v) is 3.70. The summed E-state index contributed by atoms with van der Waals surface area (Å²) in [5.41, 5.74) is 2.06. The number of aryl methyl sites for hydroxylation is 2. The summed E-state index contributed by atoms with van der Waals surface area (Å²) in [6.07, 6.45) is 2.76. The van der Waals surface area contributed by atoms with E-state index in [1.165, 1.54) is 17.0 Å². The molecule has 9 nitrogen and oxygen atoms in total. The zero-order chi connectivity index (χ0) is 23.5. The molecule has 0 aliphatic heterocycles. The average molecular weight is 445 g/mol. The van der Waals surface area contributed by atoms with Crippen LogP contribution in [0.2, 0.25) is 0 Å². The Balaban J connectivity index is 1.77. The van der Waals surface area contributed by atoms with Crippen molar-refractivity contribution in [1.82, 2.24) is 19.1 Å². The topological polar surface area (TPSA) is 108 Å². The molecule has 0 radical (unpaired) electrons. The number of nitrogens with one attached hydrogen (secondary N) is 1. The zero-order valence-corrected chi connectivity index (χ0v) is 18.5. The maximum Gasteiger partial charge on any atom is 0.333 e. The Morgan fingerprint density at radius 2 is 1.70 bits per heavy atom. The zero-order valence-electron chi connectivity index (χ0n) is 18.5. The molecule has 4 rings (SSSR count). The van der Waals surface area contributed by atoms with Crippen LogP contribution in [-0.4, -0.2) is 32.1 Å². The third-order valence-corrected chi connectivity index (χ3v) is 5.37. The van der Waals surface area contributed by atoms with Gasteiger partial charge in [0.25, 0.3) is 5.56 Å². The Morgan fingerprint density at radius 1 is 1.00 bits per heavy atom. The van der Waals surface area contributed by atoms with Crippen molar-refractivity contribution in [3.8, 4) is 5.75 Å². The first kappa shape index (κ1) is 21.9. The van der Waals surface area contributed by atoms with Crippen LogP contribution < -0.4 is 21.3 Å². The van der Waals surface area contributed by atoms with Crippen LogP contribution in [0, 0.1) is 13.8 Å². The molecule has 0 unspecified atom stereocenters. The van der Waals surface area contributed by atoms with Gasteiger partial charge in [0.1, 0.15) is 12.3 Å². The first-order valence-corrected chi connectivity index (χ1v) is 10.3.